The van der Waals surface area contributed by atoms with Crippen molar-refractivity contribution in [2.75, 3.05) is 25.6 Å². The van der Waals surface area contributed by atoms with Crippen molar-refractivity contribution in [1.82, 2.24) is 9.97 Å². The molecule has 6 nitrogen and oxygen atoms in total. The van der Waals surface area contributed by atoms with Crippen molar-refractivity contribution in [1.29, 1.82) is 0 Å². The molecule has 2 rings (SSSR count). The second kappa shape index (κ2) is 8.07. The molecule has 6 heteroatoms. The van der Waals surface area contributed by atoms with Crippen LogP contribution in [0.5, 0.6) is 11.5 Å². The van der Waals surface area contributed by atoms with Gasteiger partial charge in [0.2, 0.25) is 5.95 Å². The van der Waals surface area contributed by atoms with Gasteiger partial charge in [-0.3, -0.25) is 9.78 Å². The molecule has 0 spiro atoms. The van der Waals surface area contributed by atoms with Gasteiger partial charge in [-0.1, -0.05) is 13.3 Å². The number of hydrogen-bond acceptors (Lipinski definition) is 5. The predicted molar refractivity (Wildman–Crippen MR) is 85.8 cm³/mol. The Morgan fingerprint density at radius 2 is 1.95 bits per heavy atom. The van der Waals surface area contributed by atoms with Gasteiger partial charge < -0.3 is 14.8 Å². The Morgan fingerprint density at radius 1 is 1.23 bits per heavy atom. The zero-order valence-corrected chi connectivity index (χ0v) is 12.9. The number of H-pyrrole nitrogens is 1. The van der Waals surface area contributed by atoms with Crippen LogP contribution in [0.1, 0.15) is 19.0 Å². The molecule has 0 bridgehead atoms. The van der Waals surface area contributed by atoms with E-state index in [0.29, 0.717) is 19.1 Å². The minimum atomic E-state index is -0.142. The van der Waals surface area contributed by atoms with E-state index in [1.807, 2.05) is 24.3 Å². The van der Waals surface area contributed by atoms with Crippen molar-refractivity contribution < 1.29 is 9.47 Å². The quantitative estimate of drug-likeness (QED) is 0.731. The van der Waals surface area contributed by atoms with Crippen molar-refractivity contribution in [3.05, 3.63) is 46.4 Å². The van der Waals surface area contributed by atoms with Gasteiger partial charge in [0.15, 0.2) is 0 Å². The van der Waals surface area contributed by atoms with E-state index in [4.69, 9.17) is 9.47 Å². The van der Waals surface area contributed by atoms with Gasteiger partial charge in [-0.25, -0.2) is 4.98 Å². The minimum absolute atomic E-state index is 0.142. The summed E-state index contributed by atoms with van der Waals surface area (Å²) in [7, 11) is 1.63. The van der Waals surface area contributed by atoms with Crippen LogP contribution in [0.2, 0.25) is 0 Å². The molecular weight excluding hydrogens is 282 g/mol. The van der Waals surface area contributed by atoms with E-state index >= 15 is 0 Å². The Bertz CT molecular complexity index is 638. The Kier molecular flexibility index (Phi) is 5.82. The summed E-state index contributed by atoms with van der Waals surface area (Å²) in [5.74, 6) is 2.04. The van der Waals surface area contributed by atoms with Gasteiger partial charge in [0.05, 0.1) is 13.7 Å². The number of anilines is 1. The predicted octanol–water partition coefficient (Wildman–Crippen LogP) is 2.22. The van der Waals surface area contributed by atoms with Crippen LogP contribution in [0.15, 0.2) is 35.1 Å². The first-order valence-corrected chi connectivity index (χ1v) is 7.32. The molecule has 0 atom stereocenters. The smallest absolute Gasteiger partial charge is 0.252 e. The molecule has 1 aromatic carbocycles. The van der Waals surface area contributed by atoms with Gasteiger partial charge in [0.1, 0.15) is 18.1 Å². The maximum atomic E-state index is 11.5. The van der Waals surface area contributed by atoms with E-state index < -0.39 is 0 Å². The fourth-order valence-corrected chi connectivity index (χ4v) is 1.99. The summed E-state index contributed by atoms with van der Waals surface area (Å²) in [4.78, 5) is 18.5. The highest BCUT2D eigenvalue weighted by molar-refractivity contribution is 5.31. The molecule has 0 unspecified atom stereocenters. The van der Waals surface area contributed by atoms with Gasteiger partial charge >= 0.3 is 0 Å². The van der Waals surface area contributed by atoms with E-state index in [2.05, 4.69) is 22.2 Å². The molecule has 1 heterocycles. The van der Waals surface area contributed by atoms with Crippen molar-refractivity contribution in [3.63, 3.8) is 0 Å². The maximum Gasteiger partial charge on any atom is 0.252 e. The van der Waals surface area contributed by atoms with Crippen molar-refractivity contribution in [3.8, 4) is 11.5 Å². The third-order valence-electron chi connectivity index (χ3n) is 3.02. The number of methoxy groups -OCH3 is 1. The Hall–Kier alpha value is -2.50. The van der Waals surface area contributed by atoms with E-state index in [-0.39, 0.29) is 5.56 Å². The van der Waals surface area contributed by atoms with Crippen LogP contribution in [0.25, 0.3) is 0 Å². The molecule has 0 saturated carbocycles. The average Bonchev–Trinajstić information content (AvgIpc) is 2.52. The minimum Gasteiger partial charge on any atom is -0.497 e. The van der Waals surface area contributed by atoms with Crippen molar-refractivity contribution >= 4 is 5.95 Å². The number of ether oxygens (including phenoxy) is 2. The monoisotopic (exact) mass is 303 g/mol. The lowest BCUT2D eigenvalue weighted by molar-refractivity contribution is 0.331. The second-order valence-corrected chi connectivity index (χ2v) is 4.79. The van der Waals surface area contributed by atoms with Crippen LogP contribution >= 0.6 is 0 Å². The van der Waals surface area contributed by atoms with Crippen LogP contribution in [-0.4, -0.2) is 30.2 Å². The van der Waals surface area contributed by atoms with E-state index in [9.17, 15) is 4.79 Å². The van der Waals surface area contributed by atoms with Crippen LogP contribution in [0, 0.1) is 0 Å². The summed E-state index contributed by atoms with van der Waals surface area (Å²) in [6, 6.07) is 8.91. The van der Waals surface area contributed by atoms with E-state index in [1.165, 1.54) is 6.07 Å². The van der Waals surface area contributed by atoms with Crippen LogP contribution in [0.3, 0.4) is 0 Å². The van der Waals surface area contributed by atoms with Crippen molar-refractivity contribution in [2.45, 2.75) is 19.8 Å². The van der Waals surface area contributed by atoms with Crippen LogP contribution in [0.4, 0.5) is 5.95 Å². The summed E-state index contributed by atoms with van der Waals surface area (Å²) < 4.78 is 10.7. The lowest BCUT2D eigenvalue weighted by atomic mass is 10.2. The number of nitrogens with one attached hydrogen (secondary N) is 2. The van der Waals surface area contributed by atoms with Gasteiger partial charge in [0, 0.05) is 11.8 Å². The first-order chi connectivity index (χ1) is 10.7. The number of rotatable bonds is 8. The van der Waals surface area contributed by atoms with Gasteiger partial charge in [-0.2, -0.15) is 0 Å². The molecule has 0 amide bonds. The van der Waals surface area contributed by atoms with Gasteiger partial charge in [-0.05, 0) is 30.7 Å². The molecule has 0 aliphatic carbocycles. The summed E-state index contributed by atoms with van der Waals surface area (Å²) >= 11 is 0. The lowest BCUT2D eigenvalue weighted by Crippen LogP contribution is -2.18. The molecular formula is C16H21N3O3. The van der Waals surface area contributed by atoms with E-state index in [0.717, 1.165) is 30.0 Å². The first-order valence-electron chi connectivity index (χ1n) is 7.32. The molecule has 22 heavy (non-hydrogen) atoms. The van der Waals surface area contributed by atoms with Gasteiger partial charge in [-0.15, -0.1) is 0 Å². The SMILES string of the molecule is CCCc1cc(=O)[nH]c(NCCOc2ccc(OC)cc2)n1. The summed E-state index contributed by atoms with van der Waals surface area (Å²) in [6.07, 6.45) is 1.75. The number of hydrogen-bond donors (Lipinski definition) is 2. The fourth-order valence-electron chi connectivity index (χ4n) is 1.99. The number of aryl methyl sites for hydroxylation is 1. The average molecular weight is 303 g/mol. The van der Waals surface area contributed by atoms with E-state index in [1.54, 1.807) is 7.11 Å². The lowest BCUT2D eigenvalue weighted by Gasteiger charge is -2.09. The Labute approximate surface area is 129 Å². The first kappa shape index (κ1) is 15.9. The molecule has 0 fully saturated rings. The fraction of sp³-hybridized carbons (Fsp3) is 0.375. The second-order valence-electron chi connectivity index (χ2n) is 4.79. The molecule has 2 N–H and O–H groups in total. The number of aromatic amines is 1. The summed E-state index contributed by atoms with van der Waals surface area (Å²) in [5, 5.41) is 3.06. The highest BCUT2D eigenvalue weighted by atomic mass is 16.5. The van der Waals surface area contributed by atoms with Crippen LogP contribution < -0.4 is 20.3 Å². The van der Waals surface area contributed by atoms with Gasteiger partial charge in [0.25, 0.3) is 5.56 Å². The third kappa shape index (κ3) is 4.80. The topological polar surface area (TPSA) is 76.2 Å². The summed E-state index contributed by atoms with van der Waals surface area (Å²) in [6.45, 7) is 3.07. The molecule has 0 aliphatic heterocycles. The molecule has 1 aromatic heterocycles. The molecule has 0 radical (unpaired) electrons. The summed E-state index contributed by atoms with van der Waals surface area (Å²) in [5.41, 5.74) is 0.654. The normalized spacial score (nSPS) is 10.3. The highest BCUT2D eigenvalue weighted by Crippen LogP contribution is 2.16. The molecule has 0 aliphatic rings. The van der Waals surface area contributed by atoms with Crippen LogP contribution in [-0.2, 0) is 6.42 Å². The highest BCUT2D eigenvalue weighted by Gasteiger charge is 2.01. The maximum absolute atomic E-state index is 11.5. The number of benzene rings is 1. The number of aromatic nitrogens is 2. The largest absolute Gasteiger partial charge is 0.497 e. The van der Waals surface area contributed by atoms with Crippen molar-refractivity contribution in [2.24, 2.45) is 0 Å². The Balaban J connectivity index is 1.81. The molecule has 118 valence electrons. The zero-order chi connectivity index (χ0) is 15.8. The molecule has 2 aromatic rings. The standard InChI is InChI=1S/C16H21N3O3/c1-3-4-12-11-15(20)19-16(18-12)17-9-10-22-14-7-5-13(21-2)6-8-14/h5-8,11H,3-4,9-10H2,1-2H3,(H2,17,18,19,20). The Morgan fingerprint density at radius 3 is 2.64 bits per heavy atom. The zero-order valence-electron chi connectivity index (χ0n) is 12.9. The number of nitrogens with zero attached hydrogens (tertiary/aromatic N) is 1. The third-order valence-corrected chi connectivity index (χ3v) is 3.02. The molecule has 0 saturated heterocycles.